The van der Waals surface area contributed by atoms with E-state index in [4.69, 9.17) is 0 Å². The van der Waals surface area contributed by atoms with Gasteiger partial charge in [0.05, 0.1) is 0 Å². The number of aryl methyl sites for hydroxylation is 1. The summed E-state index contributed by atoms with van der Waals surface area (Å²) in [5.41, 5.74) is 2.54. The van der Waals surface area contributed by atoms with Crippen molar-refractivity contribution < 1.29 is 4.79 Å². The number of carbonyl (C=O) groups is 1. The van der Waals surface area contributed by atoms with Crippen molar-refractivity contribution in [3.8, 4) is 0 Å². The summed E-state index contributed by atoms with van der Waals surface area (Å²) in [5.74, 6) is 0.222. The molecule has 1 aromatic carbocycles. The molecule has 1 fully saturated rings. The van der Waals surface area contributed by atoms with E-state index < -0.39 is 0 Å². The topological polar surface area (TPSA) is 20.3 Å². The minimum absolute atomic E-state index is 0.211. The maximum absolute atomic E-state index is 11.6. The fourth-order valence-corrected chi connectivity index (χ4v) is 2.36. The Morgan fingerprint density at radius 2 is 1.94 bits per heavy atom. The van der Waals surface area contributed by atoms with E-state index in [1.807, 2.05) is 4.90 Å². The van der Waals surface area contributed by atoms with Gasteiger partial charge in [0.1, 0.15) is 0 Å². The molecule has 1 aromatic rings. The van der Waals surface area contributed by atoms with Gasteiger partial charge >= 0.3 is 0 Å². The van der Waals surface area contributed by atoms with Crippen LogP contribution in [-0.4, -0.2) is 22.6 Å². The lowest BCUT2D eigenvalue weighted by Crippen LogP contribution is -2.24. The van der Waals surface area contributed by atoms with Crippen molar-refractivity contribution in [1.29, 1.82) is 0 Å². The third-order valence-corrected chi connectivity index (χ3v) is 3.34. The van der Waals surface area contributed by atoms with Gasteiger partial charge in [0, 0.05) is 24.8 Å². The summed E-state index contributed by atoms with van der Waals surface area (Å²) in [5, 5.41) is 0.211. The molecule has 1 unspecified atom stereocenters. The molecule has 1 atom stereocenters. The summed E-state index contributed by atoms with van der Waals surface area (Å²) in [6.07, 6.45) is 1.64. The maximum atomic E-state index is 11.6. The zero-order chi connectivity index (χ0) is 11.5. The summed E-state index contributed by atoms with van der Waals surface area (Å²) in [7, 11) is 0. The molecule has 0 saturated carbocycles. The van der Waals surface area contributed by atoms with Crippen LogP contribution >= 0.6 is 12.6 Å². The van der Waals surface area contributed by atoms with Crippen molar-refractivity contribution in [2.24, 2.45) is 0 Å². The zero-order valence-corrected chi connectivity index (χ0v) is 10.4. The lowest BCUT2D eigenvalue weighted by Gasteiger charge is -2.16. The van der Waals surface area contributed by atoms with Crippen molar-refractivity contribution in [3.05, 3.63) is 35.4 Å². The summed E-state index contributed by atoms with van der Waals surface area (Å²) in [6.45, 7) is 3.64. The highest BCUT2D eigenvalue weighted by atomic mass is 32.1. The number of carbonyl (C=O) groups excluding carboxylic acids is 1. The van der Waals surface area contributed by atoms with Crippen LogP contribution in [0.25, 0.3) is 0 Å². The van der Waals surface area contributed by atoms with Crippen LogP contribution in [0.1, 0.15) is 24.5 Å². The average molecular weight is 235 g/mol. The molecule has 0 radical (unpaired) electrons. The molecular weight excluding hydrogens is 218 g/mol. The van der Waals surface area contributed by atoms with E-state index in [0.29, 0.717) is 6.42 Å². The van der Waals surface area contributed by atoms with Crippen LogP contribution in [0.15, 0.2) is 24.3 Å². The van der Waals surface area contributed by atoms with Crippen LogP contribution in [0.5, 0.6) is 0 Å². The van der Waals surface area contributed by atoms with Crippen LogP contribution < -0.4 is 0 Å². The molecule has 1 saturated heterocycles. The van der Waals surface area contributed by atoms with Crippen LogP contribution in [-0.2, 0) is 17.8 Å². The SMILES string of the molecule is CCc1ccc(CN2CC(S)CC2=O)cc1. The Bertz CT molecular complexity index is 374. The first-order valence-corrected chi connectivity index (χ1v) is 6.24. The van der Waals surface area contributed by atoms with Gasteiger partial charge in [-0.3, -0.25) is 4.79 Å². The highest BCUT2D eigenvalue weighted by Gasteiger charge is 2.26. The molecule has 2 rings (SSSR count). The molecule has 0 spiro atoms. The number of rotatable bonds is 3. The first kappa shape index (κ1) is 11.5. The molecule has 0 aromatic heterocycles. The Morgan fingerprint density at radius 3 is 2.44 bits per heavy atom. The maximum Gasteiger partial charge on any atom is 0.224 e. The number of amides is 1. The van der Waals surface area contributed by atoms with E-state index in [-0.39, 0.29) is 11.2 Å². The molecule has 1 amide bonds. The summed E-state index contributed by atoms with van der Waals surface area (Å²) in [6, 6.07) is 8.48. The first-order chi connectivity index (χ1) is 7.69. The Balaban J connectivity index is 2.01. The first-order valence-electron chi connectivity index (χ1n) is 5.72. The average Bonchev–Trinajstić information content (AvgIpc) is 2.59. The molecule has 86 valence electrons. The van der Waals surface area contributed by atoms with Crippen LogP contribution in [0.3, 0.4) is 0 Å². The second-order valence-electron chi connectivity index (χ2n) is 4.30. The predicted octanol–water partition coefficient (Wildman–Crippen LogP) is 2.28. The minimum Gasteiger partial charge on any atom is -0.337 e. The molecule has 2 nitrogen and oxygen atoms in total. The van der Waals surface area contributed by atoms with E-state index >= 15 is 0 Å². The van der Waals surface area contributed by atoms with Gasteiger partial charge in [-0.1, -0.05) is 31.2 Å². The Kier molecular flexibility index (Phi) is 3.54. The Hall–Kier alpha value is -0.960. The normalized spacial score (nSPS) is 20.5. The number of likely N-dealkylation sites (tertiary alicyclic amines) is 1. The van der Waals surface area contributed by atoms with Crippen molar-refractivity contribution in [2.75, 3.05) is 6.54 Å². The van der Waals surface area contributed by atoms with E-state index in [2.05, 4.69) is 43.8 Å². The second-order valence-corrected chi connectivity index (χ2v) is 5.03. The van der Waals surface area contributed by atoms with Gasteiger partial charge in [-0.25, -0.2) is 0 Å². The summed E-state index contributed by atoms with van der Waals surface area (Å²) < 4.78 is 0. The number of thiol groups is 1. The Labute approximate surface area is 102 Å². The van der Waals surface area contributed by atoms with Crippen LogP contribution in [0, 0.1) is 0 Å². The van der Waals surface area contributed by atoms with Gasteiger partial charge < -0.3 is 4.90 Å². The molecule has 1 heterocycles. The lowest BCUT2D eigenvalue weighted by atomic mass is 10.1. The monoisotopic (exact) mass is 235 g/mol. The molecule has 1 aliphatic rings. The van der Waals surface area contributed by atoms with Gasteiger partial charge in [-0.05, 0) is 17.5 Å². The van der Waals surface area contributed by atoms with Crippen LogP contribution in [0.2, 0.25) is 0 Å². The minimum atomic E-state index is 0.211. The smallest absolute Gasteiger partial charge is 0.224 e. The molecular formula is C13H17NOS. The van der Waals surface area contributed by atoms with Crippen molar-refractivity contribution >= 4 is 18.5 Å². The van der Waals surface area contributed by atoms with Gasteiger partial charge in [0.25, 0.3) is 0 Å². The highest BCUT2D eigenvalue weighted by molar-refractivity contribution is 7.81. The molecule has 16 heavy (non-hydrogen) atoms. The fraction of sp³-hybridized carbons (Fsp3) is 0.462. The van der Waals surface area contributed by atoms with Crippen molar-refractivity contribution in [2.45, 2.75) is 31.6 Å². The molecule has 0 aliphatic carbocycles. The number of hydrogen-bond donors (Lipinski definition) is 1. The number of nitrogens with zero attached hydrogens (tertiary/aromatic N) is 1. The second kappa shape index (κ2) is 4.91. The number of hydrogen-bond acceptors (Lipinski definition) is 2. The summed E-state index contributed by atoms with van der Waals surface area (Å²) >= 11 is 4.35. The third kappa shape index (κ3) is 2.59. The van der Waals surface area contributed by atoms with Crippen molar-refractivity contribution in [1.82, 2.24) is 4.90 Å². The molecule has 1 aliphatic heterocycles. The fourth-order valence-electron chi connectivity index (χ4n) is 2.00. The standard InChI is InChI=1S/C13H17NOS/c1-2-10-3-5-11(6-4-10)8-14-9-12(16)7-13(14)15/h3-6,12,16H,2,7-9H2,1H3. The van der Waals surface area contributed by atoms with Crippen LogP contribution in [0.4, 0.5) is 0 Å². The van der Waals surface area contributed by atoms with Gasteiger partial charge in [-0.2, -0.15) is 12.6 Å². The lowest BCUT2D eigenvalue weighted by molar-refractivity contribution is -0.128. The number of benzene rings is 1. The third-order valence-electron chi connectivity index (χ3n) is 3.00. The van der Waals surface area contributed by atoms with E-state index in [1.165, 1.54) is 11.1 Å². The summed E-state index contributed by atoms with van der Waals surface area (Å²) in [4.78, 5) is 13.5. The zero-order valence-electron chi connectivity index (χ0n) is 9.52. The van der Waals surface area contributed by atoms with Crippen molar-refractivity contribution in [3.63, 3.8) is 0 Å². The highest BCUT2D eigenvalue weighted by Crippen LogP contribution is 2.18. The Morgan fingerprint density at radius 1 is 1.31 bits per heavy atom. The largest absolute Gasteiger partial charge is 0.337 e. The molecule has 3 heteroatoms. The van der Waals surface area contributed by atoms with Gasteiger partial charge in [-0.15, -0.1) is 0 Å². The quantitative estimate of drug-likeness (QED) is 0.797. The van der Waals surface area contributed by atoms with Gasteiger partial charge in [0.2, 0.25) is 5.91 Å². The predicted molar refractivity (Wildman–Crippen MR) is 68.6 cm³/mol. The molecule has 0 bridgehead atoms. The molecule has 0 N–H and O–H groups in total. The van der Waals surface area contributed by atoms with E-state index in [9.17, 15) is 4.79 Å². The van der Waals surface area contributed by atoms with Gasteiger partial charge in [0.15, 0.2) is 0 Å². The van der Waals surface area contributed by atoms with E-state index in [0.717, 1.165) is 19.5 Å². The van der Waals surface area contributed by atoms with E-state index in [1.54, 1.807) is 0 Å².